The van der Waals surface area contributed by atoms with Crippen molar-refractivity contribution in [3.05, 3.63) is 42.0 Å². The van der Waals surface area contributed by atoms with Crippen LogP contribution >= 0.6 is 0 Å². The van der Waals surface area contributed by atoms with Crippen LogP contribution in [0.3, 0.4) is 0 Å². The van der Waals surface area contributed by atoms with E-state index in [4.69, 9.17) is 9.47 Å². The lowest BCUT2D eigenvalue weighted by atomic mass is 10.0. The van der Waals surface area contributed by atoms with Crippen molar-refractivity contribution in [2.24, 2.45) is 5.92 Å². The molecule has 24 heavy (non-hydrogen) atoms. The minimum Gasteiger partial charge on any atom is -0.496 e. The maximum atomic E-state index is 12.5. The van der Waals surface area contributed by atoms with Crippen molar-refractivity contribution in [1.82, 2.24) is 0 Å². The topological polar surface area (TPSA) is 35.5 Å². The molecule has 0 atom stereocenters. The second kappa shape index (κ2) is 9.31. The number of carbonyl (C=O) groups is 1. The Bertz CT molecular complexity index is 661. The third-order valence-corrected chi connectivity index (χ3v) is 4.22. The van der Waals surface area contributed by atoms with Gasteiger partial charge in [0, 0.05) is 0 Å². The average Bonchev–Trinajstić information content (AvgIpc) is 2.59. The maximum Gasteiger partial charge on any atom is 0.342 e. The molecule has 0 N–H and O–H groups in total. The van der Waals surface area contributed by atoms with E-state index >= 15 is 0 Å². The molecule has 0 heterocycles. The third-order valence-electron chi connectivity index (χ3n) is 4.22. The zero-order valence-electron chi connectivity index (χ0n) is 15.0. The molecule has 3 nitrogen and oxygen atoms in total. The predicted octanol–water partition coefficient (Wildman–Crippen LogP) is 5.61. The maximum absolute atomic E-state index is 12.5. The number of unbranched alkanes of at least 4 members (excludes halogenated alkanes) is 3. The molecule has 0 aliphatic rings. The van der Waals surface area contributed by atoms with Gasteiger partial charge in [0.25, 0.3) is 0 Å². The number of rotatable bonds is 9. The number of carbonyl (C=O) groups excluding carboxylic acids is 1. The summed E-state index contributed by atoms with van der Waals surface area (Å²) in [5.41, 5.74) is 0.524. The lowest BCUT2D eigenvalue weighted by Gasteiger charge is -2.12. The van der Waals surface area contributed by atoms with Gasteiger partial charge in [0.05, 0.1) is 13.7 Å². The minimum atomic E-state index is -0.300. The third kappa shape index (κ3) is 4.98. The van der Waals surface area contributed by atoms with E-state index in [1.54, 1.807) is 7.11 Å². The van der Waals surface area contributed by atoms with E-state index in [1.165, 1.54) is 19.3 Å². The van der Waals surface area contributed by atoms with Crippen LogP contribution in [0, 0.1) is 5.92 Å². The lowest BCUT2D eigenvalue weighted by molar-refractivity contribution is 0.0496. The molecular formula is C21H28O3. The fourth-order valence-corrected chi connectivity index (χ4v) is 2.88. The first kappa shape index (κ1) is 18.3. The standard InChI is InChI=1S/C21H28O3/c1-16(2)10-6-4-5-9-15-24-21(22)20-18-12-8-7-11-17(18)13-14-19(20)23-3/h7-8,11-14,16H,4-6,9-10,15H2,1-3H3. The molecule has 0 saturated heterocycles. The monoisotopic (exact) mass is 328 g/mol. The summed E-state index contributed by atoms with van der Waals surface area (Å²) < 4.78 is 10.8. The molecule has 0 fully saturated rings. The Morgan fingerprint density at radius 2 is 1.75 bits per heavy atom. The molecule has 2 rings (SSSR count). The Balaban J connectivity index is 1.91. The van der Waals surface area contributed by atoms with Crippen LogP contribution in [-0.2, 0) is 4.74 Å². The minimum absolute atomic E-state index is 0.300. The second-order valence-corrected chi connectivity index (χ2v) is 6.60. The van der Waals surface area contributed by atoms with Gasteiger partial charge < -0.3 is 9.47 Å². The predicted molar refractivity (Wildman–Crippen MR) is 98.7 cm³/mol. The molecule has 2 aromatic rings. The van der Waals surface area contributed by atoms with Gasteiger partial charge in [-0.2, -0.15) is 0 Å². The summed E-state index contributed by atoms with van der Waals surface area (Å²) in [4.78, 5) is 12.5. The Morgan fingerprint density at radius 3 is 2.50 bits per heavy atom. The number of methoxy groups -OCH3 is 1. The van der Waals surface area contributed by atoms with Gasteiger partial charge in [-0.1, -0.05) is 69.9 Å². The second-order valence-electron chi connectivity index (χ2n) is 6.60. The highest BCUT2D eigenvalue weighted by molar-refractivity contribution is 6.07. The van der Waals surface area contributed by atoms with Gasteiger partial charge in [-0.15, -0.1) is 0 Å². The number of hydrogen-bond donors (Lipinski definition) is 0. The first-order chi connectivity index (χ1) is 11.6. The van der Waals surface area contributed by atoms with Gasteiger partial charge in [0.15, 0.2) is 0 Å². The molecule has 3 heteroatoms. The number of benzene rings is 2. The lowest BCUT2D eigenvalue weighted by Crippen LogP contribution is -2.09. The summed E-state index contributed by atoms with van der Waals surface area (Å²) in [6, 6.07) is 11.6. The molecule has 0 amide bonds. The van der Waals surface area contributed by atoms with Gasteiger partial charge >= 0.3 is 5.97 Å². The summed E-state index contributed by atoms with van der Waals surface area (Å²) in [5, 5.41) is 1.89. The van der Waals surface area contributed by atoms with E-state index in [0.29, 0.717) is 17.9 Å². The summed E-state index contributed by atoms with van der Waals surface area (Å²) in [5.74, 6) is 1.03. The fourth-order valence-electron chi connectivity index (χ4n) is 2.88. The van der Waals surface area contributed by atoms with Crippen molar-refractivity contribution < 1.29 is 14.3 Å². The van der Waals surface area contributed by atoms with Crippen LogP contribution in [0.2, 0.25) is 0 Å². The first-order valence-corrected chi connectivity index (χ1v) is 8.86. The van der Waals surface area contributed by atoms with Gasteiger partial charge in [0.2, 0.25) is 0 Å². The molecule has 0 bridgehead atoms. The van der Waals surface area contributed by atoms with Crippen LogP contribution in [-0.4, -0.2) is 19.7 Å². The zero-order chi connectivity index (χ0) is 17.4. The Kier molecular flexibility index (Phi) is 7.10. The summed E-state index contributed by atoms with van der Waals surface area (Å²) >= 11 is 0. The molecule has 0 saturated carbocycles. The summed E-state index contributed by atoms with van der Waals surface area (Å²) in [6.07, 6.45) is 5.74. The normalized spacial score (nSPS) is 11.0. The molecule has 0 aliphatic carbocycles. The van der Waals surface area contributed by atoms with Crippen molar-refractivity contribution in [3.8, 4) is 5.75 Å². The van der Waals surface area contributed by atoms with Crippen molar-refractivity contribution in [1.29, 1.82) is 0 Å². The van der Waals surface area contributed by atoms with Crippen molar-refractivity contribution in [2.45, 2.75) is 46.0 Å². The van der Waals surface area contributed by atoms with E-state index in [-0.39, 0.29) is 5.97 Å². The molecule has 2 aromatic carbocycles. The zero-order valence-corrected chi connectivity index (χ0v) is 15.0. The number of esters is 1. The van der Waals surface area contributed by atoms with Gasteiger partial charge in [-0.05, 0) is 29.2 Å². The summed E-state index contributed by atoms with van der Waals surface area (Å²) in [7, 11) is 1.58. The van der Waals surface area contributed by atoms with Crippen LogP contribution < -0.4 is 4.74 Å². The molecular weight excluding hydrogens is 300 g/mol. The number of fused-ring (bicyclic) bond motifs is 1. The Morgan fingerprint density at radius 1 is 1.00 bits per heavy atom. The van der Waals surface area contributed by atoms with Gasteiger partial charge in [0.1, 0.15) is 11.3 Å². The molecule has 0 spiro atoms. The largest absolute Gasteiger partial charge is 0.496 e. The highest BCUT2D eigenvalue weighted by Gasteiger charge is 2.17. The Labute approximate surface area is 145 Å². The Hall–Kier alpha value is -2.03. The molecule has 0 unspecified atom stereocenters. The van der Waals surface area contributed by atoms with E-state index in [2.05, 4.69) is 13.8 Å². The van der Waals surface area contributed by atoms with E-state index in [0.717, 1.165) is 29.5 Å². The van der Waals surface area contributed by atoms with E-state index in [1.807, 2.05) is 36.4 Å². The van der Waals surface area contributed by atoms with Gasteiger partial charge in [-0.3, -0.25) is 0 Å². The molecule has 0 aliphatic heterocycles. The highest BCUT2D eigenvalue weighted by atomic mass is 16.5. The van der Waals surface area contributed by atoms with Crippen molar-refractivity contribution in [2.75, 3.05) is 13.7 Å². The molecule has 0 aromatic heterocycles. The van der Waals surface area contributed by atoms with Crippen molar-refractivity contribution >= 4 is 16.7 Å². The van der Waals surface area contributed by atoms with Crippen LogP contribution in [0.5, 0.6) is 5.75 Å². The quantitative estimate of drug-likeness (QED) is 0.443. The van der Waals surface area contributed by atoms with Gasteiger partial charge in [-0.25, -0.2) is 4.79 Å². The molecule has 130 valence electrons. The smallest absolute Gasteiger partial charge is 0.342 e. The fraction of sp³-hybridized carbons (Fsp3) is 0.476. The average molecular weight is 328 g/mol. The van der Waals surface area contributed by atoms with Crippen LogP contribution in [0.15, 0.2) is 36.4 Å². The number of hydrogen-bond acceptors (Lipinski definition) is 3. The summed E-state index contributed by atoms with van der Waals surface area (Å²) in [6.45, 7) is 4.96. The van der Waals surface area contributed by atoms with Crippen LogP contribution in [0.1, 0.15) is 56.3 Å². The van der Waals surface area contributed by atoms with Crippen LogP contribution in [0.4, 0.5) is 0 Å². The van der Waals surface area contributed by atoms with E-state index in [9.17, 15) is 4.79 Å². The number of ether oxygens (including phenoxy) is 2. The first-order valence-electron chi connectivity index (χ1n) is 8.86. The molecule has 0 radical (unpaired) electrons. The van der Waals surface area contributed by atoms with Crippen LogP contribution in [0.25, 0.3) is 10.8 Å². The van der Waals surface area contributed by atoms with Crippen molar-refractivity contribution in [3.63, 3.8) is 0 Å². The SMILES string of the molecule is COc1ccc2ccccc2c1C(=O)OCCCCCCC(C)C. The highest BCUT2D eigenvalue weighted by Crippen LogP contribution is 2.28. The van der Waals surface area contributed by atoms with E-state index < -0.39 is 0 Å².